The monoisotopic (exact) mass is 457 g/mol. The molecule has 1 saturated heterocycles. The predicted molar refractivity (Wildman–Crippen MR) is 117 cm³/mol. The molecule has 2 aromatic carbocycles. The molecule has 8 heteroatoms. The second kappa shape index (κ2) is 11.0. The lowest BCUT2D eigenvalue weighted by atomic mass is 9.94. The molecule has 0 saturated carbocycles. The fraction of sp³-hybridized carbons (Fsp3) is 0.400. The molecule has 5 nitrogen and oxygen atoms in total. The quantitative estimate of drug-likeness (QED) is 0.622. The van der Waals surface area contributed by atoms with Crippen LogP contribution in [-0.2, 0) is 22.6 Å². The van der Waals surface area contributed by atoms with Crippen LogP contribution in [0.15, 0.2) is 54.6 Å². The summed E-state index contributed by atoms with van der Waals surface area (Å²) in [6.45, 7) is -0.788. The van der Waals surface area contributed by atoms with Crippen molar-refractivity contribution < 1.29 is 22.8 Å². The van der Waals surface area contributed by atoms with Gasteiger partial charge in [-0.1, -0.05) is 42.5 Å². The molecule has 0 bridgehead atoms. The van der Waals surface area contributed by atoms with Crippen LogP contribution in [0.1, 0.15) is 36.0 Å². The van der Waals surface area contributed by atoms with E-state index in [4.69, 9.17) is 5.26 Å². The highest BCUT2D eigenvalue weighted by Crippen LogP contribution is 2.25. The fourth-order valence-electron chi connectivity index (χ4n) is 4.02. The maximum Gasteiger partial charge on any atom is 0.406 e. The summed E-state index contributed by atoms with van der Waals surface area (Å²) >= 11 is 0. The van der Waals surface area contributed by atoms with Crippen LogP contribution in [0.2, 0.25) is 0 Å². The number of aryl methyl sites for hydroxylation is 1. The molecular formula is C25H26F3N3O2. The van der Waals surface area contributed by atoms with E-state index < -0.39 is 24.5 Å². The lowest BCUT2D eigenvalue weighted by molar-refractivity contribution is -0.166. The first kappa shape index (κ1) is 24.3. The average molecular weight is 457 g/mol. The Hall–Kier alpha value is -3.34. The van der Waals surface area contributed by atoms with Gasteiger partial charge in [0.1, 0.15) is 6.54 Å². The number of hydrogen-bond acceptors (Lipinski definition) is 3. The molecule has 2 amide bonds. The summed E-state index contributed by atoms with van der Waals surface area (Å²) in [7, 11) is 0. The first-order valence-corrected chi connectivity index (χ1v) is 10.9. The van der Waals surface area contributed by atoms with E-state index in [1.165, 1.54) is 12.1 Å². The molecule has 1 aliphatic rings. The number of carbonyl (C=O) groups excluding carboxylic acids is 2. The second-order valence-corrected chi connectivity index (χ2v) is 8.26. The van der Waals surface area contributed by atoms with E-state index in [0.29, 0.717) is 49.9 Å². The Morgan fingerprint density at radius 2 is 1.64 bits per heavy atom. The van der Waals surface area contributed by atoms with E-state index in [9.17, 15) is 22.8 Å². The summed E-state index contributed by atoms with van der Waals surface area (Å²) in [6, 6.07) is 17.8. The van der Waals surface area contributed by atoms with Crippen molar-refractivity contribution in [2.75, 3.05) is 19.6 Å². The number of hydrogen-bond donors (Lipinski definition) is 0. The van der Waals surface area contributed by atoms with Crippen molar-refractivity contribution >= 4 is 11.8 Å². The molecule has 0 radical (unpaired) electrons. The number of benzene rings is 2. The van der Waals surface area contributed by atoms with E-state index in [0.717, 1.165) is 10.5 Å². The summed E-state index contributed by atoms with van der Waals surface area (Å²) < 4.78 is 39.5. The number of alkyl halides is 3. The van der Waals surface area contributed by atoms with Crippen LogP contribution >= 0.6 is 0 Å². The Morgan fingerprint density at radius 3 is 2.21 bits per heavy atom. The van der Waals surface area contributed by atoms with E-state index >= 15 is 0 Å². The molecule has 2 aromatic rings. The third kappa shape index (κ3) is 7.35. The number of carbonyl (C=O) groups is 2. The predicted octanol–water partition coefficient (Wildman–Crippen LogP) is 4.32. The second-order valence-electron chi connectivity index (χ2n) is 8.26. The van der Waals surface area contributed by atoms with Gasteiger partial charge in [-0.2, -0.15) is 18.4 Å². The highest BCUT2D eigenvalue weighted by Gasteiger charge is 2.36. The van der Waals surface area contributed by atoms with E-state index in [2.05, 4.69) is 0 Å². The van der Waals surface area contributed by atoms with Crippen LogP contribution < -0.4 is 0 Å². The normalized spacial score (nSPS) is 14.5. The van der Waals surface area contributed by atoms with Gasteiger partial charge >= 0.3 is 6.18 Å². The molecule has 0 N–H and O–H groups in total. The Bertz CT molecular complexity index is 977. The van der Waals surface area contributed by atoms with Gasteiger partial charge < -0.3 is 9.80 Å². The molecule has 0 atom stereocenters. The zero-order valence-corrected chi connectivity index (χ0v) is 18.2. The van der Waals surface area contributed by atoms with Gasteiger partial charge in [0.15, 0.2) is 0 Å². The molecule has 1 aliphatic heterocycles. The topological polar surface area (TPSA) is 64.4 Å². The lowest BCUT2D eigenvalue weighted by Crippen LogP contribution is -2.46. The van der Waals surface area contributed by atoms with Crippen molar-refractivity contribution in [3.8, 4) is 6.07 Å². The van der Waals surface area contributed by atoms with Crippen molar-refractivity contribution in [2.45, 2.75) is 38.4 Å². The third-order valence-electron chi connectivity index (χ3n) is 5.81. The maximum absolute atomic E-state index is 13.2. The molecule has 33 heavy (non-hydrogen) atoms. The minimum Gasteiger partial charge on any atom is -0.343 e. The summed E-state index contributed by atoms with van der Waals surface area (Å²) in [5.74, 6) is -1.11. The van der Waals surface area contributed by atoms with Crippen LogP contribution in [0.25, 0.3) is 0 Å². The van der Waals surface area contributed by atoms with E-state index in [-0.39, 0.29) is 12.5 Å². The minimum absolute atomic E-state index is 0.00511. The van der Waals surface area contributed by atoms with Gasteiger partial charge in [0.05, 0.1) is 11.6 Å². The van der Waals surface area contributed by atoms with Crippen LogP contribution in [0.3, 0.4) is 0 Å². The molecule has 0 spiro atoms. The summed E-state index contributed by atoms with van der Waals surface area (Å²) in [4.78, 5) is 28.0. The summed E-state index contributed by atoms with van der Waals surface area (Å²) in [5.41, 5.74) is 2.00. The Morgan fingerprint density at radius 1 is 1.00 bits per heavy atom. The Kier molecular flexibility index (Phi) is 8.10. The minimum atomic E-state index is -4.52. The zero-order chi connectivity index (χ0) is 23.8. The van der Waals surface area contributed by atoms with Crippen LogP contribution in [0, 0.1) is 17.2 Å². The van der Waals surface area contributed by atoms with Crippen LogP contribution in [-0.4, -0.2) is 47.4 Å². The first-order chi connectivity index (χ1) is 15.7. The molecule has 0 unspecified atom stereocenters. The lowest BCUT2D eigenvalue weighted by Gasteiger charge is -2.34. The molecule has 174 valence electrons. The number of amides is 2. The molecule has 1 fully saturated rings. The molecule has 1 heterocycles. The molecule has 0 aliphatic carbocycles. The van der Waals surface area contributed by atoms with Crippen molar-refractivity contribution in [3.63, 3.8) is 0 Å². The average Bonchev–Trinajstić information content (AvgIpc) is 2.82. The number of halogens is 3. The number of nitrogens with zero attached hydrogens (tertiary/aromatic N) is 3. The highest BCUT2D eigenvalue weighted by atomic mass is 19.4. The summed E-state index contributed by atoms with van der Waals surface area (Å²) in [5, 5.41) is 8.88. The number of nitriles is 1. The van der Waals surface area contributed by atoms with Gasteiger partial charge in [0, 0.05) is 32.0 Å². The maximum atomic E-state index is 13.2. The SMILES string of the molecule is N#Cc1ccc(CN(CC(F)(F)F)C(=O)C2CCN(C(=O)CCc3ccccc3)CC2)cc1. The van der Waals surface area contributed by atoms with Gasteiger partial charge in [0.2, 0.25) is 11.8 Å². The van der Waals surface area contributed by atoms with Gasteiger partial charge in [-0.25, -0.2) is 0 Å². The largest absolute Gasteiger partial charge is 0.406 e. The number of rotatable bonds is 7. The first-order valence-electron chi connectivity index (χ1n) is 10.9. The van der Waals surface area contributed by atoms with Gasteiger partial charge in [-0.15, -0.1) is 0 Å². The van der Waals surface area contributed by atoms with Gasteiger partial charge in [-0.3, -0.25) is 9.59 Å². The van der Waals surface area contributed by atoms with Crippen molar-refractivity contribution in [2.24, 2.45) is 5.92 Å². The number of piperidine rings is 1. The Balaban J connectivity index is 1.57. The van der Waals surface area contributed by atoms with E-state index in [1.54, 1.807) is 17.0 Å². The Labute approximate surface area is 191 Å². The van der Waals surface area contributed by atoms with Gasteiger partial charge in [-0.05, 0) is 42.5 Å². The smallest absolute Gasteiger partial charge is 0.343 e. The third-order valence-corrected chi connectivity index (χ3v) is 5.81. The van der Waals surface area contributed by atoms with E-state index in [1.807, 2.05) is 36.4 Å². The van der Waals surface area contributed by atoms with Crippen LogP contribution in [0.4, 0.5) is 13.2 Å². The fourth-order valence-corrected chi connectivity index (χ4v) is 4.02. The summed E-state index contributed by atoms with van der Waals surface area (Å²) in [6.07, 6.45) is -2.84. The van der Waals surface area contributed by atoms with Crippen molar-refractivity contribution in [1.82, 2.24) is 9.80 Å². The van der Waals surface area contributed by atoms with Crippen molar-refractivity contribution in [1.29, 1.82) is 5.26 Å². The number of likely N-dealkylation sites (tertiary alicyclic amines) is 1. The zero-order valence-electron chi connectivity index (χ0n) is 18.2. The standard InChI is InChI=1S/C25H26F3N3O2/c26-25(27,28)18-31(17-21-8-6-20(16-29)7-9-21)24(33)22-12-14-30(15-13-22)23(32)11-10-19-4-2-1-3-5-19/h1-9,22H,10-15,17-18H2. The highest BCUT2D eigenvalue weighted by molar-refractivity contribution is 5.80. The van der Waals surface area contributed by atoms with Crippen LogP contribution in [0.5, 0.6) is 0 Å². The van der Waals surface area contributed by atoms with Crippen molar-refractivity contribution in [3.05, 3.63) is 71.3 Å². The molecule has 3 rings (SSSR count). The molecule has 0 aromatic heterocycles. The van der Waals surface area contributed by atoms with Gasteiger partial charge in [0.25, 0.3) is 0 Å². The molecular weight excluding hydrogens is 431 g/mol.